The number of para-hydroxylation sites is 1. The summed E-state index contributed by atoms with van der Waals surface area (Å²) >= 11 is 0. The number of piperazine rings is 1. The van der Waals surface area contributed by atoms with E-state index in [9.17, 15) is 9.59 Å². The Hall–Kier alpha value is -2.08. The summed E-state index contributed by atoms with van der Waals surface area (Å²) in [5.41, 5.74) is 0.811. The lowest BCUT2D eigenvalue weighted by molar-refractivity contribution is -0.117. The van der Waals surface area contributed by atoms with Gasteiger partial charge in [0.15, 0.2) is 0 Å². The van der Waals surface area contributed by atoms with Crippen molar-refractivity contribution in [2.75, 3.05) is 38.0 Å². The normalized spacial score (nSPS) is 16.5. The fraction of sp³-hybridized carbons (Fsp3) is 0.556. The number of carbonyl (C=O) groups is 2. The minimum absolute atomic E-state index is 0.00402. The van der Waals surface area contributed by atoms with Crippen LogP contribution >= 0.6 is 0 Å². The van der Waals surface area contributed by atoms with Crippen LogP contribution in [0, 0.1) is 0 Å². The molecule has 0 radical (unpaired) electrons. The molecule has 1 aromatic rings. The van der Waals surface area contributed by atoms with Gasteiger partial charge in [-0.15, -0.1) is 0 Å². The lowest BCUT2D eigenvalue weighted by Crippen LogP contribution is -2.54. The van der Waals surface area contributed by atoms with Gasteiger partial charge in [0.05, 0.1) is 6.54 Å². The van der Waals surface area contributed by atoms with E-state index in [1.807, 2.05) is 42.2 Å². The van der Waals surface area contributed by atoms with E-state index in [0.717, 1.165) is 31.6 Å². The minimum atomic E-state index is -0.0179. The van der Waals surface area contributed by atoms with Gasteiger partial charge in [-0.2, -0.15) is 0 Å². The maximum absolute atomic E-state index is 12.2. The van der Waals surface area contributed by atoms with Gasteiger partial charge in [-0.1, -0.05) is 31.5 Å². The lowest BCUT2D eigenvalue weighted by Gasteiger charge is -2.34. The molecule has 0 spiro atoms. The van der Waals surface area contributed by atoms with Crippen LogP contribution in [0.15, 0.2) is 30.3 Å². The van der Waals surface area contributed by atoms with Gasteiger partial charge >= 0.3 is 6.03 Å². The second kappa shape index (κ2) is 9.27. The summed E-state index contributed by atoms with van der Waals surface area (Å²) < 4.78 is 0. The van der Waals surface area contributed by atoms with E-state index in [1.54, 1.807) is 0 Å². The van der Waals surface area contributed by atoms with Crippen LogP contribution < -0.4 is 10.6 Å². The molecule has 2 rings (SSSR count). The van der Waals surface area contributed by atoms with Crippen LogP contribution in [0.5, 0.6) is 0 Å². The van der Waals surface area contributed by atoms with Crippen LogP contribution in [0.25, 0.3) is 0 Å². The van der Waals surface area contributed by atoms with E-state index in [4.69, 9.17) is 0 Å². The number of urea groups is 1. The third-order valence-corrected chi connectivity index (χ3v) is 4.18. The van der Waals surface area contributed by atoms with Crippen molar-refractivity contribution in [2.45, 2.75) is 32.7 Å². The number of hydrogen-bond donors (Lipinski definition) is 2. The van der Waals surface area contributed by atoms with Crippen molar-refractivity contribution in [1.82, 2.24) is 15.1 Å². The molecule has 0 saturated carbocycles. The van der Waals surface area contributed by atoms with Gasteiger partial charge in [0.2, 0.25) is 5.91 Å². The highest BCUT2D eigenvalue weighted by molar-refractivity contribution is 5.92. The average molecular weight is 332 g/mol. The fourth-order valence-corrected chi connectivity index (χ4v) is 2.84. The lowest BCUT2D eigenvalue weighted by atomic mass is 10.2. The summed E-state index contributed by atoms with van der Waals surface area (Å²) in [6.07, 6.45) is 2.05. The summed E-state index contributed by atoms with van der Waals surface area (Å²) in [5, 5.41) is 5.92. The molecular formula is C18H28N4O2. The molecule has 1 aromatic carbocycles. The Labute approximate surface area is 144 Å². The van der Waals surface area contributed by atoms with Gasteiger partial charge in [-0.3, -0.25) is 9.69 Å². The summed E-state index contributed by atoms with van der Waals surface area (Å²) in [5.74, 6) is -0.0179. The summed E-state index contributed by atoms with van der Waals surface area (Å²) in [6.45, 7) is 7.26. The number of nitrogens with zero attached hydrogens (tertiary/aromatic N) is 2. The van der Waals surface area contributed by atoms with Crippen molar-refractivity contribution in [3.63, 3.8) is 0 Å². The first kappa shape index (κ1) is 18.3. The van der Waals surface area contributed by atoms with Crippen molar-refractivity contribution in [2.24, 2.45) is 0 Å². The first-order valence-electron chi connectivity index (χ1n) is 8.71. The molecule has 24 heavy (non-hydrogen) atoms. The number of carbonyl (C=O) groups excluding carboxylic acids is 2. The minimum Gasteiger partial charge on any atom is -0.336 e. The molecule has 3 amide bonds. The number of nitrogens with one attached hydrogen (secondary N) is 2. The Balaban J connectivity index is 1.70. The fourth-order valence-electron chi connectivity index (χ4n) is 2.84. The van der Waals surface area contributed by atoms with Crippen LogP contribution in [-0.4, -0.2) is 60.5 Å². The number of benzene rings is 1. The van der Waals surface area contributed by atoms with Gasteiger partial charge in [0, 0.05) is 37.9 Å². The van der Waals surface area contributed by atoms with Gasteiger partial charge in [-0.05, 0) is 25.5 Å². The quantitative estimate of drug-likeness (QED) is 0.839. The number of amides is 3. The van der Waals surface area contributed by atoms with E-state index in [0.29, 0.717) is 19.6 Å². The zero-order valence-electron chi connectivity index (χ0n) is 14.6. The molecule has 1 saturated heterocycles. The van der Waals surface area contributed by atoms with Gasteiger partial charge in [0.1, 0.15) is 0 Å². The monoisotopic (exact) mass is 332 g/mol. The molecule has 1 fully saturated rings. The molecule has 0 bridgehead atoms. The van der Waals surface area contributed by atoms with Crippen LogP contribution in [0.1, 0.15) is 26.7 Å². The van der Waals surface area contributed by atoms with E-state index in [-0.39, 0.29) is 18.0 Å². The molecule has 1 atom stereocenters. The van der Waals surface area contributed by atoms with Crippen molar-refractivity contribution in [1.29, 1.82) is 0 Å². The number of hydrogen-bond acceptors (Lipinski definition) is 3. The van der Waals surface area contributed by atoms with Crippen LogP contribution in [0.4, 0.5) is 10.5 Å². The molecule has 132 valence electrons. The molecule has 1 aliphatic heterocycles. The highest BCUT2D eigenvalue weighted by atomic mass is 16.2. The molecular weight excluding hydrogens is 304 g/mol. The second-order valence-corrected chi connectivity index (χ2v) is 6.32. The average Bonchev–Trinajstić information content (AvgIpc) is 2.56. The maximum atomic E-state index is 12.2. The molecule has 6 heteroatoms. The molecule has 6 nitrogen and oxygen atoms in total. The maximum Gasteiger partial charge on any atom is 0.317 e. The Morgan fingerprint density at radius 1 is 1.12 bits per heavy atom. The molecule has 1 heterocycles. The first-order chi connectivity index (χ1) is 11.6. The SMILES string of the molecule is CCC[C@@H](C)NC(=O)N1CCN(CC(=O)Nc2ccccc2)CC1. The zero-order chi connectivity index (χ0) is 17.4. The molecule has 0 unspecified atom stereocenters. The van der Waals surface area contributed by atoms with Crippen molar-refractivity contribution < 1.29 is 9.59 Å². The van der Waals surface area contributed by atoms with Gasteiger partial charge < -0.3 is 15.5 Å². The Kier molecular flexibility index (Phi) is 7.06. The summed E-state index contributed by atoms with van der Waals surface area (Å²) in [4.78, 5) is 28.2. The largest absolute Gasteiger partial charge is 0.336 e. The van der Waals surface area contributed by atoms with Crippen LogP contribution in [0.3, 0.4) is 0 Å². The third-order valence-electron chi connectivity index (χ3n) is 4.18. The highest BCUT2D eigenvalue weighted by Crippen LogP contribution is 2.07. The molecule has 0 aliphatic carbocycles. The van der Waals surface area contributed by atoms with E-state index >= 15 is 0 Å². The zero-order valence-corrected chi connectivity index (χ0v) is 14.6. The highest BCUT2D eigenvalue weighted by Gasteiger charge is 2.23. The standard InChI is InChI=1S/C18H28N4O2/c1-3-7-15(2)19-18(24)22-12-10-21(11-13-22)14-17(23)20-16-8-5-4-6-9-16/h4-6,8-9,15H,3,7,10-14H2,1-2H3,(H,19,24)(H,20,23)/t15-/m1/s1. The summed E-state index contributed by atoms with van der Waals surface area (Å²) in [7, 11) is 0. The van der Waals surface area contributed by atoms with Crippen molar-refractivity contribution in [3.8, 4) is 0 Å². The Morgan fingerprint density at radius 3 is 2.42 bits per heavy atom. The molecule has 2 N–H and O–H groups in total. The first-order valence-corrected chi connectivity index (χ1v) is 8.71. The molecule has 1 aliphatic rings. The number of rotatable bonds is 6. The smallest absolute Gasteiger partial charge is 0.317 e. The van der Waals surface area contributed by atoms with Crippen molar-refractivity contribution >= 4 is 17.6 Å². The Bertz CT molecular complexity index is 527. The second-order valence-electron chi connectivity index (χ2n) is 6.32. The van der Waals surface area contributed by atoms with E-state index in [1.165, 1.54) is 0 Å². The number of anilines is 1. The van der Waals surface area contributed by atoms with Gasteiger partial charge in [0.25, 0.3) is 0 Å². The predicted molar refractivity (Wildman–Crippen MR) is 96.0 cm³/mol. The van der Waals surface area contributed by atoms with E-state index < -0.39 is 0 Å². The van der Waals surface area contributed by atoms with E-state index in [2.05, 4.69) is 22.5 Å². The van der Waals surface area contributed by atoms with Crippen LogP contribution in [-0.2, 0) is 4.79 Å². The molecule has 0 aromatic heterocycles. The predicted octanol–water partition coefficient (Wildman–Crippen LogP) is 2.14. The topological polar surface area (TPSA) is 64.7 Å². The van der Waals surface area contributed by atoms with Crippen molar-refractivity contribution in [3.05, 3.63) is 30.3 Å². The summed E-state index contributed by atoms with van der Waals surface area (Å²) in [6, 6.07) is 9.66. The Morgan fingerprint density at radius 2 is 1.79 bits per heavy atom. The third kappa shape index (κ3) is 5.85. The van der Waals surface area contributed by atoms with Gasteiger partial charge in [-0.25, -0.2) is 4.79 Å². The van der Waals surface area contributed by atoms with Crippen LogP contribution in [0.2, 0.25) is 0 Å².